The van der Waals surface area contributed by atoms with Gasteiger partial charge in [0.25, 0.3) is 0 Å². The van der Waals surface area contributed by atoms with E-state index in [4.69, 9.17) is 4.42 Å². The maximum Gasteiger partial charge on any atom is 0.417 e. The number of hydrogen-bond donors (Lipinski definition) is 2. The van der Waals surface area contributed by atoms with Crippen molar-refractivity contribution in [3.05, 3.63) is 58.8 Å². The third-order valence-corrected chi connectivity index (χ3v) is 6.45. The van der Waals surface area contributed by atoms with Gasteiger partial charge in [0.05, 0.1) is 16.1 Å². The normalized spacial score (nSPS) is 15.8. The van der Waals surface area contributed by atoms with E-state index in [1.165, 1.54) is 24.3 Å². The van der Waals surface area contributed by atoms with Crippen LogP contribution in [0.3, 0.4) is 0 Å². The summed E-state index contributed by atoms with van der Waals surface area (Å²) < 4.78 is 46.4. The summed E-state index contributed by atoms with van der Waals surface area (Å²) >= 11 is 0. The number of aromatic amines is 1. The van der Waals surface area contributed by atoms with Gasteiger partial charge in [0.2, 0.25) is 10.0 Å². The number of rotatable bonds is 6. The zero-order valence-corrected chi connectivity index (χ0v) is 16.4. The highest BCUT2D eigenvalue weighted by Crippen LogP contribution is 2.20. The van der Waals surface area contributed by atoms with Crippen molar-refractivity contribution >= 4 is 26.8 Å². The second-order valence-electron chi connectivity index (χ2n) is 6.85. The minimum Gasteiger partial charge on any atom is -0.408 e. The standard InChI is InChI=1S/C19H21FN4O4S/c20-15-3-1-2-4-17(15)24-11-9-23(10-12-24)8-7-21-29(26,27)14-5-6-16-18(13-14)28-19(25)22-16/h1-6,13,21H,7-12H2,(H,22,25). The van der Waals surface area contributed by atoms with Gasteiger partial charge in [-0.05, 0) is 24.3 Å². The molecule has 0 unspecified atom stereocenters. The van der Waals surface area contributed by atoms with Gasteiger partial charge in [0, 0.05) is 45.3 Å². The number of hydrogen-bond acceptors (Lipinski definition) is 6. The van der Waals surface area contributed by atoms with Crippen molar-refractivity contribution in [2.24, 2.45) is 0 Å². The topological polar surface area (TPSA) is 98.6 Å². The third-order valence-electron chi connectivity index (χ3n) is 4.99. The lowest BCUT2D eigenvalue weighted by Gasteiger charge is -2.36. The van der Waals surface area contributed by atoms with E-state index in [0.717, 1.165) is 13.1 Å². The number of sulfonamides is 1. The Kier molecular flexibility index (Phi) is 5.39. The van der Waals surface area contributed by atoms with Gasteiger partial charge >= 0.3 is 5.76 Å². The van der Waals surface area contributed by atoms with E-state index in [-0.39, 0.29) is 22.8 Å². The fourth-order valence-corrected chi connectivity index (χ4v) is 4.47. The molecule has 1 aliphatic rings. The van der Waals surface area contributed by atoms with Crippen molar-refractivity contribution < 1.29 is 17.2 Å². The number of nitrogens with one attached hydrogen (secondary N) is 2. The number of nitrogens with zero attached hydrogens (tertiary/aromatic N) is 2. The summed E-state index contributed by atoms with van der Waals surface area (Å²) in [4.78, 5) is 17.9. The number of H-pyrrole nitrogens is 1. The number of anilines is 1. The van der Waals surface area contributed by atoms with Crippen molar-refractivity contribution in [1.29, 1.82) is 0 Å². The summed E-state index contributed by atoms with van der Waals surface area (Å²) in [6.07, 6.45) is 0. The molecular weight excluding hydrogens is 399 g/mol. The van der Waals surface area contributed by atoms with Gasteiger partial charge in [-0.25, -0.2) is 22.3 Å². The van der Waals surface area contributed by atoms with Crippen LogP contribution in [0.4, 0.5) is 10.1 Å². The molecule has 4 rings (SSSR count). The van der Waals surface area contributed by atoms with E-state index in [0.29, 0.717) is 30.8 Å². The molecule has 1 aliphatic heterocycles. The highest BCUT2D eigenvalue weighted by Gasteiger charge is 2.20. The number of benzene rings is 2. The SMILES string of the molecule is O=c1[nH]c2ccc(S(=O)(=O)NCCN3CCN(c4ccccc4F)CC3)cc2o1. The molecule has 1 aromatic heterocycles. The molecule has 1 saturated heterocycles. The summed E-state index contributed by atoms with van der Waals surface area (Å²) in [5.74, 6) is -0.860. The Morgan fingerprint density at radius 3 is 2.62 bits per heavy atom. The van der Waals surface area contributed by atoms with E-state index in [1.54, 1.807) is 12.1 Å². The molecule has 29 heavy (non-hydrogen) atoms. The summed E-state index contributed by atoms with van der Waals surface area (Å²) in [5.41, 5.74) is 1.24. The van der Waals surface area contributed by atoms with Gasteiger partial charge in [0.1, 0.15) is 5.82 Å². The number of oxazole rings is 1. The molecule has 2 N–H and O–H groups in total. The zero-order chi connectivity index (χ0) is 20.4. The van der Waals surface area contributed by atoms with Crippen LogP contribution in [-0.2, 0) is 10.0 Å². The molecule has 0 bridgehead atoms. The molecule has 0 radical (unpaired) electrons. The molecule has 10 heteroatoms. The van der Waals surface area contributed by atoms with E-state index in [2.05, 4.69) is 14.6 Å². The second kappa shape index (κ2) is 7.97. The Balaban J connectivity index is 1.30. The van der Waals surface area contributed by atoms with Crippen LogP contribution in [0.15, 0.2) is 56.6 Å². The Bertz CT molecular complexity index is 1170. The molecule has 1 fully saturated rings. The van der Waals surface area contributed by atoms with E-state index in [1.807, 2.05) is 11.0 Å². The number of para-hydroxylation sites is 1. The lowest BCUT2D eigenvalue weighted by atomic mass is 10.2. The monoisotopic (exact) mass is 420 g/mol. The Morgan fingerprint density at radius 1 is 1.10 bits per heavy atom. The summed E-state index contributed by atoms with van der Waals surface area (Å²) in [5, 5.41) is 0. The van der Waals surface area contributed by atoms with Crippen molar-refractivity contribution in [3.63, 3.8) is 0 Å². The molecular formula is C19H21FN4O4S. The van der Waals surface area contributed by atoms with Crippen LogP contribution >= 0.6 is 0 Å². The van der Waals surface area contributed by atoms with Gasteiger partial charge in [0.15, 0.2) is 5.58 Å². The van der Waals surface area contributed by atoms with E-state index in [9.17, 15) is 17.6 Å². The lowest BCUT2D eigenvalue weighted by Crippen LogP contribution is -2.48. The van der Waals surface area contributed by atoms with Crippen molar-refractivity contribution in [3.8, 4) is 0 Å². The molecule has 0 saturated carbocycles. The van der Waals surface area contributed by atoms with Crippen LogP contribution in [0.2, 0.25) is 0 Å². The van der Waals surface area contributed by atoms with Gasteiger partial charge in [-0.3, -0.25) is 9.88 Å². The van der Waals surface area contributed by atoms with Crippen LogP contribution in [-0.4, -0.2) is 57.6 Å². The summed E-state index contributed by atoms with van der Waals surface area (Å²) in [6, 6.07) is 10.9. The minimum atomic E-state index is -3.72. The first-order chi connectivity index (χ1) is 13.9. The van der Waals surface area contributed by atoms with Gasteiger partial charge < -0.3 is 9.32 Å². The molecule has 2 heterocycles. The second-order valence-corrected chi connectivity index (χ2v) is 8.62. The first kappa shape index (κ1) is 19.6. The summed E-state index contributed by atoms with van der Waals surface area (Å²) in [6.45, 7) is 3.59. The van der Waals surface area contributed by atoms with Gasteiger partial charge in [-0.2, -0.15) is 0 Å². The molecule has 0 atom stereocenters. The fraction of sp³-hybridized carbons (Fsp3) is 0.316. The molecule has 0 aliphatic carbocycles. The van der Waals surface area contributed by atoms with Crippen LogP contribution in [0.25, 0.3) is 11.1 Å². The van der Waals surface area contributed by atoms with Crippen LogP contribution in [0.1, 0.15) is 0 Å². The average Bonchev–Trinajstić information content (AvgIpc) is 3.08. The minimum absolute atomic E-state index is 0.0390. The number of fused-ring (bicyclic) bond motifs is 1. The van der Waals surface area contributed by atoms with Crippen molar-refractivity contribution in [2.75, 3.05) is 44.2 Å². The first-order valence-corrected chi connectivity index (χ1v) is 10.7. The van der Waals surface area contributed by atoms with Gasteiger partial charge in [-0.15, -0.1) is 0 Å². The van der Waals surface area contributed by atoms with Crippen molar-refractivity contribution in [2.45, 2.75) is 4.90 Å². The maximum atomic E-state index is 13.9. The smallest absolute Gasteiger partial charge is 0.408 e. The summed E-state index contributed by atoms with van der Waals surface area (Å²) in [7, 11) is -3.72. The third kappa shape index (κ3) is 4.34. The Hall–Kier alpha value is -2.69. The highest BCUT2D eigenvalue weighted by molar-refractivity contribution is 7.89. The van der Waals surface area contributed by atoms with Crippen LogP contribution in [0.5, 0.6) is 0 Å². The largest absolute Gasteiger partial charge is 0.417 e. The van der Waals surface area contributed by atoms with Crippen LogP contribution in [0, 0.1) is 5.82 Å². The quantitative estimate of drug-likeness (QED) is 0.625. The average molecular weight is 420 g/mol. The van der Waals surface area contributed by atoms with Gasteiger partial charge in [-0.1, -0.05) is 12.1 Å². The van der Waals surface area contributed by atoms with E-state index >= 15 is 0 Å². The molecule has 3 aromatic rings. The lowest BCUT2D eigenvalue weighted by molar-refractivity contribution is 0.261. The zero-order valence-electron chi connectivity index (χ0n) is 15.6. The van der Waals surface area contributed by atoms with Crippen molar-refractivity contribution in [1.82, 2.24) is 14.6 Å². The van der Waals surface area contributed by atoms with Crippen LogP contribution < -0.4 is 15.4 Å². The number of piperazine rings is 1. The fourth-order valence-electron chi connectivity index (χ4n) is 3.43. The molecule has 0 amide bonds. The first-order valence-electron chi connectivity index (χ1n) is 9.27. The molecule has 0 spiro atoms. The molecule has 2 aromatic carbocycles. The maximum absolute atomic E-state index is 13.9. The Morgan fingerprint density at radius 2 is 1.86 bits per heavy atom. The molecule has 154 valence electrons. The van der Waals surface area contributed by atoms with E-state index < -0.39 is 15.8 Å². The number of halogens is 1. The number of aromatic nitrogens is 1. The predicted octanol–water partition coefficient (Wildman–Crippen LogP) is 1.36. The molecule has 8 nitrogen and oxygen atoms in total. The highest BCUT2D eigenvalue weighted by atomic mass is 32.2. The predicted molar refractivity (Wildman–Crippen MR) is 107 cm³/mol. The Labute approximate surface area is 167 Å².